The third-order valence-corrected chi connectivity index (χ3v) is 14.0. The lowest BCUT2D eigenvalue weighted by molar-refractivity contribution is -0.384. The van der Waals surface area contributed by atoms with Crippen molar-refractivity contribution in [3.05, 3.63) is 117 Å². The summed E-state index contributed by atoms with van der Waals surface area (Å²) in [5.41, 5.74) is 3.19. The zero-order chi connectivity index (χ0) is 44.3. The fraction of sp³-hybridized carbons (Fsp3) is 0.378. The summed E-state index contributed by atoms with van der Waals surface area (Å²) >= 11 is 6.17. The summed E-state index contributed by atoms with van der Waals surface area (Å²) in [6, 6.07) is 19.5. The van der Waals surface area contributed by atoms with Gasteiger partial charge in [0.25, 0.3) is 21.6 Å². The van der Waals surface area contributed by atoms with E-state index < -0.39 is 50.2 Å². The molecule has 4 heterocycles. The predicted molar refractivity (Wildman–Crippen MR) is 238 cm³/mol. The Morgan fingerprint density at radius 3 is 2.51 bits per heavy atom. The van der Waals surface area contributed by atoms with Gasteiger partial charge in [-0.15, -0.1) is 0 Å². The maximum atomic E-state index is 14.3. The van der Waals surface area contributed by atoms with Gasteiger partial charge in [-0.25, -0.2) is 18.1 Å². The summed E-state index contributed by atoms with van der Waals surface area (Å²) in [6.07, 6.45) is 5.87. The number of sulfonamides is 1. The number of hydrogen-bond donors (Lipinski definition) is 2. The Morgan fingerprint density at radius 2 is 1.79 bits per heavy atom. The van der Waals surface area contributed by atoms with Crippen LogP contribution in [-0.2, 0) is 14.8 Å². The van der Waals surface area contributed by atoms with Gasteiger partial charge in [-0.1, -0.05) is 29.3 Å². The summed E-state index contributed by atoms with van der Waals surface area (Å²) in [5, 5.41) is 13.6. The van der Waals surface area contributed by atoms with Gasteiger partial charge in [-0.2, -0.15) is 0 Å². The van der Waals surface area contributed by atoms with Crippen LogP contribution in [0.25, 0.3) is 16.6 Å². The Balaban J connectivity index is 1.03. The highest BCUT2D eigenvalue weighted by atomic mass is 35.5. The van der Waals surface area contributed by atoms with Gasteiger partial charge in [0.2, 0.25) is 0 Å². The number of H-pyrrole nitrogens is 1. The molecule has 1 amide bonds. The van der Waals surface area contributed by atoms with Gasteiger partial charge in [-0.05, 0) is 91.8 Å². The van der Waals surface area contributed by atoms with Crippen LogP contribution in [-0.4, -0.2) is 106 Å². The van der Waals surface area contributed by atoms with Gasteiger partial charge < -0.3 is 24.3 Å². The Morgan fingerprint density at radius 1 is 1.05 bits per heavy atom. The van der Waals surface area contributed by atoms with Gasteiger partial charge in [0.15, 0.2) is 0 Å². The van der Waals surface area contributed by atoms with Crippen molar-refractivity contribution in [2.24, 2.45) is 5.41 Å². The number of hydrogen-bond acceptors (Lipinski definition) is 11. The van der Waals surface area contributed by atoms with Gasteiger partial charge in [0.05, 0.1) is 34.9 Å². The highest BCUT2D eigenvalue weighted by Gasteiger charge is 2.37. The van der Waals surface area contributed by atoms with Crippen molar-refractivity contribution in [1.29, 1.82) is 0 Å². The van der Waals surface area contributed by atoms with Crippen LogP contribution >= 0.6 is 11.6 Å². The summed E-state index contributed by atoms with van der Waals surface area (Å²) < 4.78 is 69.9. The first-order valence-electron chi connectivity index (χ1n) is 20.8. The molecule has 3 aromatic carbocycles. The molecular formula is C45H48ClF2N7O7S. The van der Waals surface area contributed by atoms with Crippen LogP contribution < -0.4 is 19.3 Å². The van der Waals surface area contributed by atoms with E-state index in [0.29, 0.717) is 100 Å². The highest BCUT2D eigenvalue weighted by Crippen LogP contribution is 2.44. The number of nitrogens with one attached hydrogen (secondary N) is 2. The average Bonchev–Trinajstić information content (AvgIpc) is 3.77. The molecule has 2 N–H and O–H groups in total. The lowest BCUT2D eigenvalue weighted by Crippen LogP contribution is -2.47. The quantitative estimate of drug-likeness (QED) is 0.0814. The number of halogens is 3. The van der Waals surface area contributed by atoms with E-state index in [0.717, 1.165) is 28.2 Å². The number of nitrogens with zero attached hydrogens (tertiary/aromatic N) is 5. The molecule has 0 bridgehead atoms. The molecule has 2 fully saturated rings. The minimum Gasteiger partial charge on any atom is -0.455 e. The minimum absolute atomic E-state index is 0.0288. The topological polar surface area (TPSA) is 163 Å². The second-order valence-corrected chi connectivity index (χ2v) is 18.6. The first-order chi connectivity index (χ1) is 30.3. The normalized spacial score (nSPS) is 17.5. The van der Waals surface area contributed by atoms with E-state index in [1.165, 1.54) is 24.4 Å². The van der Waals surface area contributed by atoms with Crippen LogP contribution in [0.1, 0.15) is 48.0 Å². The molecule has 14 nitrogen and oxygen atoms in total. The number of fused-ring (bicyclic) bond motifs is 1. The summed E-state index contributed by atoms with van der Waals surface area (Å²) in [4.78, 5) is 38.7. The smallest absolute Gasteiger partial charge is 0.293 e. The third kappa shape index (κ3) is 9.66. The van der Waals surface area contributed by atoms with E-state index in [9.17, 15) is 32.1 Å². The lowest BCUT2D eigenvalue weighted by atomic mass is 9.71. The van der Waals surface area contributed by atoms with Crippen LogP contribution in [0.2, 0.25) is 5.02 Å². The van der Waals surface area contributed by atoms with E-state index in [2.05, 4.69) is 24.5 Å². The third-order valence-electron chi connectivity index (χ3n) is 12.4. The van der Waals surface area contributed by atoms with E-state index >= 15 is 0 Å². The molecule has 2 saturated heterocycles. The summed E-state index contributed by atoms with van der Waals surface area (Å²) in [6.45, 7) is 2.57. The Labute approximate surface area is 369 Å². The number of rotatable bonds is 14. The zero-order valence-corrected chi connectivity index (χ0v) is 36.3. The number of nitro groups is 1. The van der Waals surface area contributed by atoms with Gasteiger partial charge in [0.1, 0.15) is 22.8 Å². The first kappa shape index (κ1) is 44.0. The number of alkyl halides is 2. The molecule has 8 rings (SSSR count). The fourth-order valence-electron chi connectivity index (χ4n) is 8.77. The van der Waals surface area contributed by atoms with Crippen molar-refractivity contribution in [3.8, 4) is 11.5 Å². The molecule has 0 radical (unpaired) electrons. The van der Waals surface area contributed by atoms with Crippen molar-refractivity contribution in [2.75, 3.05) is 76.1 Å². The molecule has 3 aliphatic rings. The van der Waals surface area contributed by atoms with Crippen LogP contribution in [0.5, 0.6) is 11.5 Å². The average molecular weight is 904 g/mol. The maximum Gasteiger partial charge on any atom is 0.293 e. The van der Waals surface area contributed by atoms with Crippen molar-refractivity contribution in [3.63, 3.8) is 0 Å². The number of carbonyl (C=O) groups is 1. The van der Waals surface area contributed by atoms with E-state index in [1.54, 1.807) is 36.3 Å². The van der Waals surface area contributed by atoms with Crippen molar-refractivity contribution in [1.82, 2.24) is 19.6 Å². The monoisotopic (exact) mass is 903 g/mol. The number of amides is 1. The number of benzene rings is 3. The number of piperazine rings is 1. The molecule has 5 aromatic rings. The lowest BCUT2D eigenvalue weighted by Gasteiger charge is -2.40. The fourth-order valence-corrected chi connectivity index (χ4v) is 9.88. The molecule has 2 aromatic heterocycles. The Kier molecular flexibility index (Phi) is 13.0. The Bertz CT molecular complexity index is 2630. The number of carbonyl (C=O) groups excluding carboxylic acids is 1. The number of nitro benzene ring substituents is 1. The number of aromatic nitrogens is 2. The van der Waals surface area contributed by atoms with Gasteiger partial charge >= 0.3 is 0 Å². The number of aromatic amines is 1. The van der Waals surface area contributed by atoms with Crippen LogP contribution in [0.15, 0.2) is 95.7 Å². The largest absolute Gasteiger partial charge is 0.455 e. The number of ether oxygens (including phenoxy) is 2. The molecule has 332 valence electrons. The number of allylic oxidation sites excluding steroid dienone is 1. The summed E-state index contributed by atoms with van der Waals surface area (Å²) in [5.74, 6) is -0.638. The molecule has 1 aliphatic carbocycles. The van der Waals surface area contributed by atoms with Crippen molar-refractivity contribution < 1.29 is 36.4 Å². The Hall–Kier alpha value is -5.62. The minimum atomic E-state index is -4.61. The van der Waals surface area contributed by atoms with Crippen LogP contribution in [0.4, 0.5) is 25.8 Å². The van der Waals surface area contributed by atoms with Crippen LogP contribution in [0, 0.1) is 15.5 Å². The predicted octanol–water partition coefficient (Wildman–Crippen LogP) is 8.34. The summed E-state index contributed by atoms with van der Waals surface area (Å²) in [7, 11) is -2.88. The molecule has 0 spiro atoms. The number of pyridine rings is 1. The SMILES string of the molecule is CN(c1ccc(S(=O)(=O)NC(=O)c2ccc(N3CCN(CC4=C(c5ccc(Cl)cc5)CCC(CF)(CF)C4)CC3)cc2Oc2cnc3[nH]ccc3c2)cc1[N+](=O)[O-])C1CCOCC1. The standard InChI is InChI=1S/C45H48ClF2N7O7S/c1-52(34-12-20-61-21-13-34)40-9-7-37(24-41(40)55(57)58)63(59,60)51-44(56)39-8-6-35(23-42(39)62-36-22-31-11-15-49-43(31)50-26-36)54-18-16-53(17-19-54)27-32-25-45(28-47,29-48)14-10-38(32)30-2-4-33(46)5-3-30/h2-9,11,15,22-24,26,34H,10,12-14,16-21,25,27-29H2,1H3,(H,49,50)(H,51,56). The van der Waals surface area contributed by atoms with Crippen molar-refractivity contribution in [2.45, 2.75) is 43.0 Å². The number of anilines is 2. The van der Waals surface area contributed by atoms with Gasteiger partial charge in [-0.3, -0.25) is 28.6 Å². The highest BCUT2D eigenvalue weighted by molar-refractivity contribution is 7.90. The second-order valence-electron chi connectivity index (χ2n) is 16.5. The molecule has 0 unspecified atom stereocenters. The van der Waals surface area contributed by atoms with E-state index in [1.807, 2.05) is 30.3 Å². The molecule has 0 saturated carbocycles. The van der Waals surface area contributed by atoms with Crippen LogP contribution in [0.3, 0.4) is 0 Å². The molecule has 2 aliphatic heterocycles. The first-order valence-corrected chi connectivity index (χ1v) is 22.7. The molecule has 0 atom stereocenters. The molecule has 63 heavy (non-hydrogen) atoms. The van der Waals surface area contributed by atoms with Gasteiger partial charge in [0, 0.05) is 98.9 Å². The maximum absolute atomic E-state index is 14.3. The molecular weight excluding hydrogens is 856 g/mol. The zero-order valence-electron chi connectivity index (χ0n) is 34.7. The van der Waals surface area contributed by atoms with Crippen molar-refractivity contribution >= 4 is 61.2 Å². The molecule has 18 heteroatoms. The van der Waals surface area contributed by atoms with E-state index in [4.69, 9.17) is 21.1 Å². The second kappa shape index (κ2) is 18.6. The van der Waals surface area contributed by atoms with E-state index in [-0.39, 0.29) is 23.0 Å².